The summed E-state index contributed by atoms with van der Waals surface area (Å²) >= 11 is 0. The van der Waals surface area contributed by atoms with Crippen LogP contribution in [0.2, 0.25) is 0 Å². The number of unbranched alkanes of at least 4 members (excludes halogenated alkanes) is 3. The Kier molecular flexibility index (Phi) is 9.47. The SMILES string of the molecule is C=C(C)COCCCCCCOc1ccc(C(=O)Nc2ccc([N+](=O)[O-])cn2)cc1. The van der Waals surface area contributed by atoms with Gasteiger partial charge in [-0.25, -0.2) is 4.98 Å². The molecular formula is C22H27N3O5. The predicted octanol–water partition coefficient (Wildman–Crippen LogP) is 4.77. The van der Waals surface area contributed by atoms with Crippen molar-refractivity contribution in [2.24, 2.45) is 0 Å². The first-order valence-corrected chi connectivity index (χ1v) is 9.82. The molecule has 160 valence electrons. The van der Waals surface area contributed by atoms with Crippen LogP contribution >= 0.6 is 0 Å². The van der Waals surface area contributed by atoms with Crippen LogP contribution in [0.3, 0.4) is 0 Å². The van der Waals surface area contributed by atoms with Gasteiger partial charge in [0.1, 0.15) is 17.8 Å². The standard InChI is InChI=1S/C22H27N3O5/c1-17(2)16-29-13-5-3-4-6-14-30-20-10-7-18(8-11-20)22(26)24-21-12-9-19(15-23-21)25(27)28/h7-12,15H,1,3-6,13-14,16H2,2H3,(H,23,24,26). The Morgan fingerprint density at radius 2 is 1.80 bits per heavy atom. The minimum Gasteiger partial charge on any atom is -0.494 e. The third-order valence-electron chi connectivity index (χ3n) is 4.12. The van der Waals surface area contributed by atoms with Gasteiger partial charge >= 0.3 is 0 Å². The van der Waals surface area contributed by atoms with Crippen molar-refractivity contribution in [1.29, 1.82) is 0 Å². The van der Waals surface area contributed by atoms with E-state index in [9.17, 15) is 14.9 Å². The Balaban J connectivity index is 1.66. The largest absolute Gasteiger partial charge is 0.494 e. The lowest BCUT2D eigenvalue weighted by atomic mass is 10.2. The first-order chi connectivity index (χ1) is 14.5. The van der Waals surface area contributed by atoms with Crippen LogP contribution < -0.4 is 10.1 Å². The Morgan fingerprint density at radius 3 is 2.40 bits per heavy atom. The summed E-state index contributed by atoms with van der Waals surface area (Å²) in [6, 6.07) is 9.48. The molecule has 0 fully saturated rings. The van der Waals surface area contributed by atoms with Crippen molar-refractivity contribution in [1.82, 2.24) is 4.98 Å². The lowest BCUT2D eigenvalue weighted by molar-refractivity contribution is -0.385. The fraction of sp³-hybridized carbons (Fsp3) is 0.364. The van der Waals surface area contributed by atoms with E-state index in [2.05, 4.69) is 16.9 Å². The highest BCUT2D eigenvalue weighted by Gasteiger charge is 2.09. The van der Waals surface area contributed by atoms with E-state index < -0.39 is 4.92 Å². The molecule has 1 amide bonds. The van der Waals surface area contributed by atoms with E-state index in [-0.39, 0.29) is 17.4 Å². The molecule has 2 rings (SSSR count). The van der Waals surface area contributed by atoms with Gasteiger partial charge in [-0.05, 0) is 56.5 Å². The molecule has 8 nitrogen and oxygen atoms in total. The second kappa shape index (κ2) is 12.3. The third-order valence-corrected chi connectivity index (χ3v) is 4.12. The third kappa shape index (κ3) is 8.40. The maximum absolute atomic E-state index is 12.2. The molecule has 1 N–H and O–H groups in total. The summed E-state index contributed by atoms with van der Waals surface area (Å²) < 4.78 is 11.2. The Labute approximate surface area is 176 Å². The lowest BCUT2D eigenvalue weighted by Gasteiger charge is -2.08. The van der Waals surface area contributed by atoms with Gasteiger partial charge in [-0.15, -0.1) is 0 Å². The molecule has 0 saturated heterocycles. The van der Waals surface area contributed by atoms with Crippen molar-refractivity contribution < 1.29 is 19.2 Å². The smallest absolute Gasteiger partial charge is 0.287 e. The van der Waals surface area contributed by atoms with Crippen LogP contribution in [-0.2, 0) is 4.74 Å². The molecule has 0 spiro atoms. The number of amides is 1. The molecule has 8 heteroatoms. The van der Waals surface area contributed by atoms with Crippen LogP contribution in [0.4, 0.5) is 11.5 Å². The summed E-state index contributed by atoms with van der Waals surface area (Å²) in [6.07, 6.45) is 5.24. The number of anilines is 1. The van der Waals surface area contributed by atoms with Gasteiger partial charge in [-0.1, -0.05) is 18.6 Å². The highest BCUT2D eigenvalue weighted by atomic mass is 16.6. The van der Waals surface area contributed by atoms with E-state index in [4.69, 9.17) is 9.47 Å². The minimum absolute atomic E-state index is 0.134. The van der Waals surface area contributed by atoms with Gasteiger partial charge < -0.3 is 14.8 Å². The molecule has 0 saturated carbocycles. The Morgan fingerprint density at radius 1 is 1.10 bits per heavy atom. The predicted molar refractivity (Wildman–Crippen MR) is 115 cm³/mol. The van der Waals surface area contributed by atoms with Crippen LogP contribution in [0.25, 0.3) is 0 Å². The second-order valence-electron chi connectivity index (χ2n) is 6.91. The number of nitrogens with zero attached hydrogens (tertiary/aromatic N) is 2. The van der Waals surface area contributed by atoms with Gasteiger partial charge in [0.25, 0.3) is 11.6 Å². The summed E-state index contributed by atoms with van der Waals surface area (Å²) in [6.45, 7) is 7.75. The van der Waals surface area contributed by atoms with Crippen molar-refractivity contribution in [2.75, 3.05) is 25.1 Å². The zero-order valence-corrected chi connectivity index (χ0v) is 17.1. The number of hydrogen-bond donors (Lipinski definition) is 1. The quantitative estimate of drug-likeness (QED) is 0.219. The number of rotatable bonds is 13. The van der Waals surface area contributed by atoms with Gasteiger partial charge in [-0.2, -0.15) is 0 Å². The number of carbonyl (C=O) groups is 1. The van der Waals surface area contributed by atoms with Gasteiger partial charge in [-0.3, -0.25) is 14.9 Å². The zero-order chi connectivity index (χ0) is 21.8. The van der Waals surface area contributed by atoms with Crippen LogP contribution in [0, 0.1) is 10.1 Å². The first-order valence-electron chi connectivity index (χ1n) is 9.82. The topological polar surface area (TPSA) is 104 Å². The first kappa shape index (κ1) is 23.0. The van der Waals surface area contributed by atoms with Crippen LogP contribution in [0.15, 0.2) is 54.7 Å². The van der Waals surface area contributed by atoms with Crippen molar-refractivity contribution in [2.45, 2.75) is 32.6 Å². The molecule has 1 aromatic carbocycles. The van der Waals surface area contributed by atoms with E-state index in [0.717, 1.165) is 44.1 Å². The fourth-order valence-electron chi connectivity index (χ4n) is 2.56. The number of carbonyl (C=O) groups excluding carboxylic acids is 1. The second-order valence-corrected chi connectivity index (χ2v) is 6.91. The Bertz CT molecular complexity index is 835. The number of nitro groups is 1. The summed E-state index contributed by atoms with van der Waals surface area (Å²) in [5, 5.41) is 13.2. The maximum atomic E-state index is 12.2. The number of ether oxygens (including phenoxy) is 2. The summed E-state index contributed by atoms with van der Waals surface area (Å²) in [7, 11) is 0. The van der Waals surface area contributed by atoms with Crippen molar-refractivity contribution in [3.8, 4) is 5.75 Å². The average Bonchev–Trinajstić information content (AvgIpc) is 2.73. The number of nitrogens with one attached hydrogen (secondary N) is 1. The van der Waals surface area contributed by atoms with Gasteiger partial charge in [0.15, 0.2) is 0 Å². The summed E-state index contributed by atoms with van der Waals surface area (Å²) in [5.74, 6) is 0.595. The average molecular weight is 413 g/mol. The molecule has 0 atom stereocenters. The monoisotopic (exact) mass is 413 g/mol. The van der Waals surface area contributed by atoms with E-state index in [1.165, 1.54) is 12.1 Å². The van der Waals surface area contributed by atoms with E-state index in [1.807, 2.05) is 6.92 Å². The van der Waals surface area contributed by atoms with Gasteiger partial charge in [0, 0.05) is 18.2 Å². The van der Waals surface area contributed by atoms with E-state index in [1.54, 1.807) is 24.3 Å². The zero-order valence-electron chi connectivity index (χ0n) is 17.1. The van der Waals surface area contributed by atoms with E-state index in [0.29, 0.717) is 24.5 Å². The molecule has 30 heavy (non-hydrogen) atoms. The molecule has 0 radical (unpaired) electrons. The van der Waals surface area contributed by atoms with Gasteiger partial charge in [0.2, 0.25) is 0 Å². The molecule has 0 aliphatic carbocycles. The molecule has 0 unspecified atom stereocenters. The number of benzene rings is 1. The van der Waals surface area contributed by atoms with Crippen LogP contribution in [-0.4, -0.2) is 35.6 Å². The molecule has 1 heterocycles. The lowest BCUT2D eigenvalue weighted by Crippen LogP contribution is -2.12. The molecule has 0 aliphatic heterocycles. The number of pyridine rings is 1. The number of hydrogen-bond acceptors (Lipinski definition) is 6. The summed E-state index contributed by atoms with van der Waals surface area (Å²) in [5.41, 5.74) is 1.35. The maximum Gasteiger partial charge on any atom is 0.287 e. The minimum atomic E-state index is -0.545. The highest BCUT2D eigenvalue weighted by molar-refractivity contribution is 6.03. The summed E-state index contributed by atoms with van der Waals surface area (Å²) in [4.78, 5) is 26.2. The fourth-order valence-corrected chi connectivity index (χ4v) is 2.56. The normalized spacial score (nSPS) is 10.4. The molecule has 0 aliphatic rings. The Hall–Kier alpha value is -3.26. The van der Waals surface area contributed by atoms with Crippen molar-refractivity contribution in [3.63, 3.8) is 0 Å². The van der Waals surface area contributed by atoms with Crippen molar-refractivity contribution in [3.05, 3.63) is 70.4 Å². The van der Waals surface area contributed by atoms with Gasteiger partial charge in [0.05, 0.1) is 18.1 Å². The molecule has 2 aromatic rings. The van der Waals surface area contributed by atoms with Crippen molar-refractivity contribution >= 4 is 17.4 Å². The molecule has 0 bridgehead atoms. The van der Waals surface area contributed by atoms with Crippen LogP contribution in [0.1, 0.15) is 43.0 Å². The highest BCUT2D eigenvalue weighted by Crippen LogP contribution is 2.16. The van der Waals surface area contributed by atoms with Crippen LogP contribution in [0.5, 0.6) is 5.75 Å². The number of aromatic nitrogens is 1. The van der Waals surface area contributed by atoms with E-state index >= 15 is 0 Å². The molecule has 1 aromatic heterocycles. The molecular weight excluding hydrogens is 386 g/mol.